The average molecular weight is 218 g/mol. The Labute approximate surface area is 89.0 Å². The van der Waals surface area contributed by atoms with Crippen LogP contribution < -0.4 is 5.32 Å². The van der Waals surface area contributed by atoms with E-state index in [2.05, 4.69) is 36.3 Å². The van der Waals surface area contributed by atoms with Crippen LogP contribution in [0.25, 0.3) is 0 Å². The first-order valence-corrected chi connectivity index (χ1v) is 5.17. The zero-order valence-electron chi connectivity index (χ0n) is 8.80. The van der Waals surface area contributed by atoms with Gasteiger partial charge < -0.3 is 9.73 Å². The second-order valence-corrected chi connectivity index (χ2v) is 4.73. The van der Waals surface area contributed by atoms with Crippen LogP contribution in [0.5, 0.6) is 0 Å². The largest absolute Gasteiger partial charge is 0.408 e. The van der Waals surface area contributed by atoms with E-state index in [0.717, 1.165) is 6.54 Å². The normalized spacial score (nSPS) is 11.7. The maximum atomic E-state index is 5.55. The van der Waals surface area contributed by atoms with Crippen LogP contribution in [0.4, 0.5) is 6.01 Å². The second kappa shape index (κ2) is 4.64. The Morgan fingerprint density at radius 3 is 2.64 bits per heavy atom. The smallest absolute Gasteiger partial charge is 0.315 e. The molecular weight excluding hydrogens is 202 g/mol. The molecule has 14 heavy (non-hydrogen) atoms. The lowest BCUT2D eigenvalue weighted by atomic mass is 9.97. The topological polar surface area (TPSA) is 51.0 Å². The van der Waals surface area contributed by atoms with Gasteiger partial charge in [0.05, 0.1) is 0 Å². The van der Waals surface area contributed by atoms with E-state index in [1.165, 1.54) is 0 Å². The van der Waals surface area contributed by atoms with Gasteiger partial charge in [-0.25, -0.2) is 0 Å². The summed E-state index contributed by atoms with van der Waals surface area (Å²) in [4.78, 5) is 0. The average Bonchev–Trinajstić information content (AvgIpc) is 2.49. The molecule has 1 rings (SSSR count). The third kappa shape index (κ3) is 3.96. The van der Waals surface area contributed by atoms with Gasteiger partial charge in [-0.2, -0.15) is 0 Å². The number of hydrogen-bond donors (Lipinski definition) is 1. The molecule has 0 aliphatic rings. The van der Waals surface area contributed by atoms with E-state index in [0.29, 0.717) is 24.2 Å². The molecule has 0 saturated carbocycles. The summed E-state index contributed by atoms with van der Waals surface area (Å²) in [6.07, 6.45) is 0.617. The molecule has 1 N–H and O–H groups in total. The molecule has 0 aliphatic heterocycles. The summed E-state index contributed by atoms with van der Waals surface area (Å²) < 4.78 is 5.30. The highest BCUT2D eigenvalue weighted by Crippen LogP contribution is 2.14. The molecule has 0 fully saturated rings. The molecule has 0 unspecified atom stereocenters. The van der Waals surface area contributed by atoms with Crippen LogP contribution >= 0.6 is 11.6 Å². The number of halogens is 1. The highest BCUT2D eigenvalue weighted by Gasteiger charge is 2.12. The molecule has 1 aromatic rings. The molecule has 0 amide bonds. The Hall–Kier alpha value is -0.770. The van der Waals surface area contributed by atoms with Crippen molar-refractivity contribution in [2.45, 2.75) is 27.2 Å². The fourth-order valence-electron chi connectivity index (χ4n) is 0.848. The third-order valence-corrected chi connectivity index (χ3v) is 1.73. The predicted molar refractivity (Wildman–Crippen MR) is 56.7 cm³/mol. The Kier molecular flexibility index (Phi) is 3.75. The molecule has 4 nitrogen and oxygen atoms in total. The quantitative estimate of drug-likeness (QED) is 0.787. The number of anilines is 1. The molecule has 1 heterocycles. The summed E-state index contributed by atoms with van der Waals surface area (Å²) in [5, 5.41) is 10.8. The summed E-state index contributed by atoms with van der Waals surface area (Å²) >= 11 is 5.55. The molecule has 0 atom stereocenters. The van der Waals surface area contributed by atoms with Gasteiger partial charge in [-0.3, -0.25) is 0 Å². The first kappa shape index (κ1) is 11.3. The summed E-state index contributed by atoms with van der Waals surface area (Å²) in [5.41, 5.74) is 0.196. The minimum atomic E-state index is 0.196. The van der Waals surface area contributed by atoms with Crippen molar-refractivity contribution in [1.82, 2.24) is 10.2 Å². The molecule has 5 heteroatoms. The van der Waals surface area contributed by atoms with Crippen LogP contribution in [-0.4, -0.2) is 22.6 Å². The van der Waals surface area contributed by atoms with E-state index in [4.69, 9.17) is 16.0 Å². The fraction of sp³-hybridized carbons (Fsp3) is 0.778. The standard InChI is InChI=1S/C9H16ClN3O/c1-9(2,3)6-11-8-13-12-7(14-8)4-5-10/h4-6H2,1-3H3,(H,11,13). The van der Waals surface area contributed by atoms with Crippen LogP contribution in [0.2, 0.25) is 0 Å². The molecule has 0 spiro atoms. The van der Waals surface area contributed by atoms with E-state index in [-0.39, 0.29) is 5.41 Å². The highest BCUT2D eigenvalue weighted by atomic mass is 35.5. The monoisotopic (exact) mass is 217 g/mol. The first-order valence-electron chi connectivity index (χ1n) is 4.63. The van der Waals surface area contributed by atoms with E-state index in [9.17, 15) is 0 Å². The Bertz CT molecular complexity index is 280. The van der Waals surface area contributed by atoms with Crippen molar-refractivity contribution in [2.75, 3.05) is 17.7 Å². The molecule has 0 bridgehead atoms. The van der Waals surface area contributed by atoms with Crippen molar-refractivity contribution in [3.63, 3.8) is 0 Å². The van der Waals surface area contributed by atoms with Crippen molar-refractivity contribution in [2.24, 2.45) is 5.41 Å². The Balaban J connectivity index is 2.44. The number of aryl methyl sites for hydroxylation is 1. The maximum absolute atomic E-state index is 5.55. The van der Waals surface area contributed by atoms with Gasteiger partial charge in [0.1, 0.15) is 0 Å². The molecule has 80 valence electrons. The van der Waals surface area contributed by atoms with Gasteiger partial charge in [0, 0.05) is 18.8 Å². The maximum Gasteiger partial charge on any atom is 0.315 e. The minimum Gasteiger partial charge on any atom is -0.408 e. The predicted octanol–water partition coefficient (Wildman–Crippen LogP) is 2.31. The van der Waals surface area contributed by atoms with E-state index >= 15 is 0 Å². The summed E-state index contributed by atoms with van der Waals surface area (Å²) in [6, 6.07) is 0.472. The van der Waals surface area contributed by atoms with Gasteiger partial charge in [0.2, 0.25) is 5.89 Å². The lowest BCUT2D eigenvalue weighted by Crippen LogP contribution is -2.19. The van der Waals surface area contributed by atoms with Gasteiger partial charge in [-0.15, -0.1) is 16.7 Å². The minimum absolute atomic E-state index is 0.196. The highest BCUT2D eigenvalue weighted by molar-refractivity contribution is 6.17. The summed E-state index contributed by atoms with van der Waals surface area (Å²) in [6.45, 7) is 7.21. The van der Waals surface area contributed by atoms with Gasteiger partial charge >= 0.3 is 6.01 Å². The second-order valence-electron chi connectivity index (χ2n) is 4.35. The Morgan fingerprint density at radius 1 is 1.36 bits per heavy atom. The molecule has 1 aromatic heterocycles. The van der Waals surface area contributed by atoms with Crippen molar-refractivity contribution < 1.29 is 4.42 Å². The lowest BCUT2D eigenvalue weighted by Gasteiger charge is -2.17. The van der Waals surface area contributed by atoms with Gasteiger partial charge in [-0.1, -0.05) is 25.9 Å². The molecule has 0 aromatic carbocycles. The van der Waals surface area contributed by atoms with Crippen LogP contribution in [0.3, 0.4) is 0 Å². The summed E-state index contributed by atoms with van der Waals surface area (Å²) in [5.74, 6) is 1.08. The zero-order valence-corrected chi connectivity index (χ0v) is 9.56. The SMILES string of the molecule is CC(C)(C)CNc1nnc(CCCl)o1. The molecule has 0 saturated heterocycles. The van der Waals surface area contributed by atoms with Gasteiger partial charge in [-0.05, 0) is 5.41 Å². The fourth-order valence-corrected chi connectivity index (χ4v) is 1.01. The summed E-state index contributed by atoms with van der Waals surface area (Å²) in [7, 11) is 0. The number of hydrogen-bond acceptors (Lipinski definition) is 4. The van der Waals surface area contributed by atoms with Crippen LogP contribution in [0.15, 0.2) is 4.42 Å². The number of nitrogens with zero attached hydrogens (tertiary/aromatic N) is 2. The van der Waals surface area contributed by atoms with Crippen LogP contribution in [-0.2, 0) is 6.42 Å². The van der Waals surface area contributed by atoms with E-state index in [1.807, 2.05) is 0 Å². The van der Waals surface area contributed by atoms with Crippen molar-refractivity contribution in [3.05, 3.63) is 5.89 Å². The van der Waals surface area contributed by atoms with E-state index < -0.39 is 0 Å². The van der Waals surface area contributed by atoms with E-state index in [1.54, 1.807) is 0 Å². The Morgan fingerprint density at radius 2 is 2.07 bits per heavy atom. The lowest BCUT2D eigenvalue weighted by molar-refractivity contribution is 0.430. The van der Waals surface area contributed by atoms with Crippen LogP contribution in [0, 0.1) is 5.41 Å². The number of alkyl halides is 1. The molecule has 0 aliphatic carbocycles. The third-order valence-electron chi connectivity index (χ3n) is 1.55. The van der Waals surface area contributed by atoms with Gasteiger partial charge in [0.25, 0.3) is 0 Å². The van der Waals surface area contributed by atoms with Crippen molar-refractivity contribution >= 4 is 17.6 Å². The number of nitrogens with one attached hydrogen (secondary N) is 1. The van der Waals surface area contributed by atoms with Crippen molar-refractivity contribution in [1.29, 1.82) is 0 Å². The van der Waals surface area contributed by atoms with Crippen molar-refractivity contribution in [3.8, 4) is 0 Å². The number of aromatic nitrogens is 2. The van der Waals surface area contributed by atoms with Gasteiger partial charge in [0.15, 0.2) is 0 Å². The first-order chi connectivity index (χ1) is 6.51. The van der Waals surface area contributed by atoms with Crippen LogP contribution in [0.1, 0.15) is 26.7 Å². The molecular formula is C9H16ClN3O. The number of rotatable bonds is 4. The molecule has 0 radical (unpaired) electrons. The zero-order chi connectivity index (χ0) is 10.6.